The number of oxazole rings is 1. The predicted octanol–water partition coefficient (Wildman–Crippen LogP) is -0.672. The van der Waals surface area contributed by atoms with Gasteiger partial charge >= 0.3 is 0 Å². The zero-order valence-electron chi connectivity index (χ0n) is 9.91. The van der Waals surface area contributed by atoms with Gasteiger partial charge in [0.25, 0.3) is 11.9 Å². The summed E-state index contributed by atoms with van der Waals surface area (Å²) in [5.41, 5.74) is 0.313. The maximum atomic E-state index is 12.1. The Morgan fingerprint density at radius 1 is 1.39 bits per heavy atom. The number of β-amino-alcohol motifs (C(OH)–C–C–N with tert-alkyl or cyclic N) is 1. The molecular formula is C11H15N3O4. The zero-order chi connectivity index (χ0) is 12.5. The molecule has 0 unspecified atom stereocenters. The van der Waals surface area contributed by atoms with E-state index < -0.39 is 0 Å². The summed E-state index contributed by atoms with van der Waals surface area (Å²) in [7, 11) is 0. The van der Waals surface area contributed by atoms with Gasteiger partial charge in [0, 0.05) is 13.1 Å². The van der Waals surface area contributed by atoms with Crippen molar-refractivity contribution in [3.8, 4) is 0 Å². The van der Waals surface area contributed by atoms with Crippen LogP contribution in [0, 0.1) is 0 Å². The van der Waals surface area contributed by atoms with Crippen molar-refractivity contribution in [2.24, 2.45) is 0 Å². The van der Waals surface area contributed by atoms with Crippen LogP contribution in [0.25, 0.3) is 0 Å². The molecule has 7 heteroatoms. The van der Waals surface area contributed by atoms with E-state index in [4.69, 9.17) is 9.15 Å². The molecule has 2 aliphatic heterocycles. The number of hydrogen-bond donors (Lipinski definition) is 1. The lowest BCUT2D eigenvalue weighted by Crippen LogP contribution is -2.51. The average molecular weight is 253 g/mol. The number of carbonyl (C=O) groups excluding carboxylic acids is 1. The molecule has 0 atom stereocenters. The van der Waals surface area contributed by atoms with Crippen LogP contribution < -0.4 is 4.90 Å². The lowest BCUT2D eigenvalue weighted by atomic mass is 10.2. The number of nitrogens with zero attached hydrogens (tertiary/aromatic N) is 3. The molecule has 2 fully saturated rings. The molecule has 7 nitrogen and oxygen atoms in total. The summed E-state index contributed by atoms with van der Waals surface area (Å²) >= 11 is 0. The smallest absolute Gasteiger partial charge is 0.298 e. The Morgan fingerprint density at radius 3 is 2.78 bits per heavy atom. The third-order valence-corrected chi connectivity index (χ3v) is 3.14. The van der Waals surface area contributed by atoms with Crippen LogP contribution in [0.5, 0.6) is 0 Å². The summed E-state index contributed by atoms with van der Waals surface area (Å²) in [4.78, 5) is 19.7. The fourth-order valence-corrected chi connectivity index (χ4v) is 2.05. The number of rotatable bonds is 2. The van der Waals surface area contributed by atoms with E-state index in [-0.39, 0.29) is 12.0 Å². The van der Waals surface area contributed by atoms with Crippen molar-refractivity contribution in [2.45, 2.75) is 6.10 Å². The molecule has 3 rings (SSSR count). The monoisotopic (exact) mass is 253 g/mol. The highest BCUT2D eigenvalue weighted by Crippen LogP contribution is 2.20. The summed E-state index contributed by atoms with van der Waals surface area (Å²) in [6, 6.07) is 0.400. The number of anilines is 1. The number of aliphatic hydroxyl groups excluding tert-OH is 1. The first kappa shape index (κ1) is 11.5. The molecule has 98 valence electrons. The molecule has 0 aliphatic carbocycles. The molecule has 2 saturated heterocycles. The van der Waals surface area contributed by atoms with Crippen LogP contribution in [0.15, 0.2) is 10.7 Å². The number of aromatic nitrogens is 1. The Morgan fingerprint density at radius 2 is 2.11 bits per heavy atom. The van der Waals surface area contributed by atoms with Crippen LogP contribution in [0.2, 0.25) is 0 Å². The van der Waals surface area contributed by atoms with Gasteiger partial charge < -0.3 is 24.1 Å². The zero-order valence-corrected chi connectivity index (χ0v) is 9.91. The number of ether oxygens (including phenoxy) is 1. The van der Waals surface area contributed by atoms with Crippen LogP contribution in [-0.2, 0) is 4.74 Å². The average Bonchev–Trinajstić information content (AvgIpc) is 2.84. The minimum atomic E-state index is -0.324. The molecule has 0 bridgehead atoms. The number of hydrogen-bond acceptors (Lipinski definition) is 6. The van der Waals surface area contributed by atoms with E-state index in [0.717, 1.165) is 0 Å². The van der Waals surface area contributed by atoms with E-state index in [0.29, 0.717) is 51.1 Å². The summed E-state index contributed by atoms with van der Waals surface area (Å²) in [5.74, 6) is -0.130. The molecule has 0 radical (unpaired) electrons. The molecule has 18 heavy (non-hydrogen) atoms. The third-order valence-electron chi connectivity index (χ3n) is 3.14. The van der Waals surface area contributed by atoms with E-state index in [2.05, 4.69) is 4.98 Å². The van der Waals surface area contributed by atoms with Crippen LogP contribution >= 0.6 is 0 Å². The molecule has 0 spiro atoms. The van der Waals surface area contributed by atoms with Gasteiger partial charge in [-0.05, 0) is 0 Å². The highest BCUT2D eigenvalue weighted by atomic mass is 16.5. The molecule has 1 aromatic heterocycles. The van der Waals surface area contributed by atoms with Gasteiger partial charge in [0.1, 0.15) is 6.26 Å². The van der Waals surface area contributed by atoms with Gasteiger partial charge in [0.05, 0.1) is 32.4 Å². The topological polar surface area (TPSA) is 79.0 Å². The van der Waals surface area contributed by atoms with Crippen molar-refractivity contribution >= 4 is 11.9 Å². The summed E-state index contributed by atoms with van der Waals surface area (Å²) in [6.07, 6.45) is 1.05. The molecular weight excluding hydrogens is 238 g/mol. The Kier molecular flexibility index (Phi) is 2.92. The van der Waals surface area contributed by atoms with Crippen LogP contribution in [0.3, 0.4) is 0 Å². The largest absolute Gasteiger partial charge is 0.431 e. The Labute approximate surface area is 104 Å². The van der Waals surface area contributed by atoms with Gasteiger partial charge in [-0.2, -0.15) is 4.98 Å². The van der Waals surface area contributed by atoms with Crippen LogP contribution in [0.4, 0.5) is 6.01 Å². The predicted molar refractivity (Wildman–Crippen MR) is 61.4 cm³/mol. The number of amides is 1. The van der Waals surface area contributed by atoms with Crippen molar-refractivity contribution in [2.75, 3.05) is 44.3 Å². The summed E-state index contributed by atoms with van der Waals surface area (Å²) < 4.78 is 10.4. The second-order valence-electron chi connectivity index (χ2n) is 4.48. The van der Waals surface area contributed by atoms with Crippen molar-refractivity contribution in [3.05, 3.63) is 12.0 Å². The lowest BCUT2D eigenvalue weighted by molar-refractivity contribution is 0.0299. The summed E-state index contributed by atoms with van der Waals surface area (Å²) in [6.45, 7) is 3.31. The van der Waals surface area contributed by atoms with E-state index in [9.17, 15) is 9.90 Å². The quantitative estimate of drug-likeness (QED) is 0.753. The molecule has 3 heterocycles. The fourth-order valence-electron chi connectivity index (χ4n) is 2.05. The second kappa shape index (κ2) is 4.58. The molecule has 0 aromatic carbocycles. The summed E-state index contributed by atoms with van der Waals surface area (Å²) in [5, 5.41) is 9.20. The highest BCUT2D eigenvalue weighted by molar-refractivity contribution is 5.92. The van der Waals surface area contributed by atoms with Crippen molar-refractivity contribution in [1.29, 1.82) is 0 Å². The van der Waals surface area contributed by atoms with Gasteiger partial charge in [-0.25, -0.2) is 0 Å². The Balaban J connectivity index is 1.66. The molecule has 0 saturated carbocycles. The molecule has 2 aliphatic rings. The van der Waals surface area contributed by atoms with E-state index in [1.807, 2.05) is 0 Å². The third kappa shape index (κ3) is 2.06. The first-order valence-electron chi connectivity index (χ1n) is 5.99. The van der Waals surface area contributed by atoms with Crippen molar-refractivity contribution in [3.63, 3.8) is 0 Å². The van der Waals surface area contributed by atoms with Crippen molar-refractivity contribution in [1.82, 2.24) is 9.88 Å². The van der Waals surface area contributed by atoms with Crippen LogP contribution in [-0.4, -0.2) is 66.4 Å². The number of aliphatic hydroxyl groups is 1. The maximum absolute atomic E-state index is 12.1. The normalized spacial score (nSPS) is 20.9. The molecule has 1 aromatic rings. The standard InChI is InChI=1S/C11H15N3O4/c15-8-5-14(6-8)11-12-9(7-18-11)10(16)13-1-3-17-4-2-13/h7-8,15H,1-6H2. The van der Waals surface area contributed by atoms with E-state index in [1.54, 1.807) is 9.80 Å². The van der Waals surface area contributed by atoms with Crippen LogP contribution in [0.1, 0.15) is 10.5 Å². The van der Waals surface area contributed by atoms with Gasteiger partial charge in [-0.15, -0.1) is 0 Å². The number of carbonyl (C=O) groups is 1. The van der Waals surface area contributed by atoms with Gasteiger partial charge in [-0.1, -0.05) is 0 Å². The second-order valence-corrected chi connectivity index (χ2v) is 4.48. The Bertz CT molecular complexity index is 435. The van der Waals surface area contributed by atoms with Gasteiger partial charge in [-0.3, -0.25) is 4.79 Å². The first-order valence-corrected chi connectivity index (χ1v) is 5.99. The number of morpholine rings is 1. The molecule has 1 amide bonds. The van der Waals surface area contributed by atoms with E-state index in [1.165, 1.54) is 6.26 Å². The molecule has 1 N–H and O–H groups in total. The van der Waals surface area contributed by atoms with Gasteiger partial charge in [0.2, 0.25) is 0 Å². The lowest BCUT2D eigenvalue weighted by Gasteiger charge is -2.34. The minimum absolute atomic E-state index is 0.130. The van der Waals surface area contributed by atoms with Crippen molar-refractivity contribution < 1.29 is 19.1 Å². The van der Waals surface area contributed by atoms with Gasteiger partial charge in [0.15, 0.2) is 5.69 Å². The maximum Gasteiger partial charge on any atom is 0.298 e. The minimum Gasteiger partial charge on any atom is -0.431 e. The SMILES string of the molecule is O=C(c1coc(N2CC(O)C2)n1)N1CCOCC1. The first-order chi connectivity index (χ1) is 8.74. The fraction of sp³-hybridized carbons (Fsp3) is 0.636. The van der Waals surface area contributed by atoms with E-state index >= 15 is 0 Å². The Hall–Kier alpha value is -1.60. The highest BCUT2D eigenvalue weighted by Gasteiger charge is 2.29.